The lowest BCUT2D eigenvalue weighted by atomic mass is 10.0. The summed E-state index contributed by atoms with van der Waals surface area (Å²) in [6.45, 7) is 0. The van der Waals surface area contributed by atoms with E-state index >= 15 is 0 Å². The quantitative estimate of drug-likeness (QED) is 0.535. The van der Waals surface area contributed by atoms with Gasteiger partial charge in [-0.1, -0.05) is 0 Å². The van der Waals surface area contributed by atoms with Crippen molar-refractivity contribution in [1.82, 2.24) is 24.9 Å². The van der Waals surface area contributed by atoms with Crippen molar-refractivity contribution in [2.75, 3.05) is 5.73 Å². The molecular weight excluding hydrogens is 355 g/mol. The van der Waals surface area contributed by atoms with Crippen molar-refractivity contribution in [3.63, 3.8) is 0 Å². The van der Waals surface area contributed by atoms with Gasteiger partial charge in [0.2, 0.25) is 0 Å². The Morgan fingerprint density at radius 1 is 0.857 bits per heavy atom. The average molecular weight is 374 g/mol. The van der Waals surface area contributed by atoms with Crippen LogP contribution in [0, 0.1) is 5.82 Å². The number of aromatic nitrogens is 5. The van der Waals surface area contributed by atoms with Gasteiger partial charge in [-0.2, -0.15) is 0 Å². The SMILES string of the molecule is Nc1c(-c2ccncc2)nc(CCCc2ncc[nH]2)nc1-c1ccc(F)cc1. The lowest BCUT2D eigenvalue weighted by Crippen LogP contribution is -2.06. The molecule has 140 valence electrons. The van der Waals surface area contributed by atoms with E-state index < -0.39 is 0 Å². The Morgan fingerprint density at radius 2 is 1.54 bits per heavy atom. The maximum Gasteiger partial charge on any atom is 0.129 e. The topological polar surface area (TPSA) is 93.4 Å². The van der Waals surface area contributed by atoms with Crippen LogP contribution in [0.1, 0.15) is 18.1 Å². The summed E-state index contributed by atoms with van der Waals surface area (Å²) in [6, 6.07) is 9.88. The fraction of sp³-hybridized carbons (Fsp3) is 0.143. The third kappa shape index (κ3) is 3.88. The molecule has 0 unspecified atom stereocenters. The summed E-state index contributed by atoms with van der Waals surface area (Å²) >= 11 is 0. The van der Waals surface area contributed by atoms with Crippen molar-refractivity contribution in [3.8, 4) is 22.5 Å². The highest BCUT2D eigenvalue weighted by Gasteiger charge is 2.15. The van der Waals surface area contributed by atoms with Crippen molar-refractivity contribution < 1.29 is 4.39 Å². The van der Waals surface area contributed by atoms with Crippen LogP contribution in [0.4, 0.5) is 10.1 Å². The van der Waals surface area contributed by atoms with Crippen LogP contribution in [0.15, 0.2) is 61.2 Å². The number of H-pyrrole nitrogens is 1. The molecule has 0 bridgehead atoms. The molecular formula is C21H19FN6. The number of halogens is 1. The van der Waals surface area contributed by atoms with Crippen LogP contribution in [0.25, 0.3) is 22.5 Å². The van der Waals surface area contributed by atoms with Crippen molar-refractivity contribution in [2.24, 2.45) is 0 Å². The molecule has 0 atom stereocenters. The van der Waals surface area contributed by atoms with Gasteiger partial charge in [0.25, 0.3) is 0 Å². The van der Waals surface area contributed by atoms with Crippen LogP contribution in [-0.2, 0) is 12.8 Å². The molecule has 3 aromatic heterocycles. The van der Waals surface area contributed by atoms with E-state index in [4.69, 9.17) is 10.7 Å². The zero-order valence-corrected chi connectivity index (χ0v) is 15.1. The van der Waals surface area contributed by atoms with E-state index in [1.165, 1.54) is 12.1 Å². The van der Waals surface area contributed by atoms with Crippen LogP contribution < -0.4 is 5.73 Å². The number of hydrogen-bond acceptors (Lipinski definition) is 5. The molecule has 4 rings (SSSR count). The lowest BCUT2D eigenvalue weighted by molar-refractivity contribution is 0.628. The third-order valence-corrected chi connectivity index (χ3v) is 4.43. The number of nitrogen functional groups attached to an aromatic ring is 1. The number of nitrogens with zero attached hydrogens (tertiary/aromatic N) is 4. The molecule has 4 aromatic rings. The van der Waals surface area contributed by atoms with Crippen LogP contribution in [-0.4, -0.2) is 24.9 Å². The van der Waals surface area contributed by atoms with E-state index in [1.807, 2.05) is 18.3 Å². The summed E-state index contributed by atoms with van der Waals surface area (Å²) in [6.07, 6.45) is 9.27. The molecule has 0 saturated carbocycles. The number of benzene rings is 1. The Morgan fingerprint density at radius 3 is 2.18 bits per heavy atom. The predicted octanol–water partition coefficient (Wildman–Crippen LogP) is 3.83. The van der Waals surface area contributed by atoms with Crippen molar-refractivity contribution >= 4 is 5.69 Å². The smallest absolute Gasteiger partial charge is 0.129 e. The first-order valence-electron chi connectivity index (χ1n) is 9.01. The first kappa shape index (κ1) is 17.8. The number of anilines is 1. The summed E-state index contributed by atoms with van der Waals surface area (Å²) in [4.78, 5) is 20.8. The Hall–Kier alpha value is -3.61. The molecule has 0 aliphatic rings. The largest absolute Gasteiger partial charge is 0.395 e. The molecule has 0 aliphatic carbocycles. The maximum atomic E-state index is 13.3. The summed E-state index contributed by atoms with van der Waals surface area (Å²) in [5, 5.41) is 0. The van der Waals surface area contributed by atoms with Gasteiger partial charge in [0.05, 0.1) is 17.1 Å². The first-order chi connectivity index (χ1) is 13.7. The Labute approximate surface area is 161 Å². The van der Waals surface area contributed by atoms with Crippen LogP contribution in [0.2, 0.25) is 0 Å². The molecule has 1 aromatic carbocycles. The van der Waals surface area contributed by atoms with Crippen molar-refractivity contribution in [3.05, 3.63) is 78.7 Å². The van der Waals surface area contributed by atoms with E-state index in [-0.39, 0.29) is 5.82 Å². The second-order valence-corrected chi connectivity index (χ2v) is 6.38. The fourth-order valence-electron chi connectivity index (χ4n) is 3.03. The van der Waals surface area contributed by atoms with Gasteiger partial charge in [0, 0.05) is 48.8 Å². The van der Waals surface area contributed by atoms with E-state index in [1.54, 1.807) is 30.7 Å². The molecule has 3 N–H and O–H groups in total. The average Bonchev–Trinajstić information content (AvgIpc) is 3.24. The van der Waals surface area contributed by atoms with Crippen LogP contribution >= 0.6 is 0 Å². The maximum absolute atomic E-state index is 13.3. The van der Waals surface area contributed by atoms with Gasteiger partial charge in [0.1, 0.15) is 17.5 Å². The van der Waals surface area contributed by atoms with Gasteiger partial charge in [-0.25, -0.2) is 19.3 Å². The molecule has 0 spiro atoms. The number of nitrogens with two attached hydrogens (primary N) is 1. The summed E-state index contributed by atoms with van der Waals surface area (Å²) in [5.74, 6) is 1.32. The van der Waals surface area contributed by atoms with Gasteiger partial charge in [-0.15, -0.1) is 0 Å². The minimum Gasteiger partial charge on any atom is -0.395 e. The molecule has 3 heterocycles. The number of rotatable bonds is 6. The standard InChI is InChI=1S/C21H19FN6/c22-16-6-4-14(5-7-16)20-19(23)21(15-8-10-24-11-9-15)28-18(27-20)3-1-2-17-25-12-13-26-17/h4-13H,1-3,23H2,(H,25,26). The first-order valence-corrected chi connectivity index (χ1v) is 9.01. The zero-order chi connectivity index (χ0) is 19.3. The second-order valence-electron chi connectivity index (χ2n) is 6.38. The van der Waals surface area contributed by atoms with Gasteiger partial charge in [-0.05, 0) is 42.8 Å². The lowest BCUT2D eigenvalue weighted by Gasteiger charge is -2.13. The van der Waals surface area contributed by atoms with Gasteiger partial charge in [-0.3, -0.25) is 4.98 Å². The minimum absolute atomic E-state index is 0.301. The van der Waals surface area contributed by atoms with Crippen molar-refractivity contribution in [1.29, 1.82) is 0 Å². The number of aryl methyl sites for hydroxylation is 2. The van der Waals surface area contributed by atoms with Gasteiger partial charge in [0.15, 0.2) is 0 Å². The second kappa shape index (κ2) is 7.96. The number of nitrogens with one attached hydrogen (secondary N) is 1. The summed E-state index contributed by atoms with van der Waals surface area (Å²) in [5.41, 5.74) is 9.75. The minimum atomic E-state index is -0.301. The van der Waals surface area contributed by atoms with E-state index in [9.17, 15) is 4.39 Å². The molecule has 0 radical (unpaired) electrons. The number of aromatic amines is 1. The molecule has 0 saturated heterocycles. The molecule has 6 nitrogen and oxygen atoms in total. The highest BCUT2D eigenvalue weighted by molar-refractivity contribution is 5.84. The Kier molecular flexibility index (Phi) is 5.05. The Balaban J connectivity index is 1.70. The predicted molar refractivity (Wildman–Crippen MR) is 106 cm³/mol. The normalized spacial score (nSPS) is 10.9. The summed E-state index contributed by atoms with van der Waals surface area (Å²) < 4.78 is 13.3. The van der Waals surface area contributed by atoms with E-state index in [0.29, 0.717) is 29.3 Å². The Bertz CT molecular complexity index is 1050. The molecule has 0 aliphatic heterocycles. The zero-order valence-electron chi connectivity index (χ0n) is 15.1. The fourth-order valence-corrected chi connectivity index (χ4v) is 3.03. The highest BCUT2D eigenvalue weighted by atomic mass is 19.1. The van der Waals surface area contributed by atoms with Gasteiger partial charge >= 0.3 is 0 Å². The third-order valence-electron chi connectivity index (χ3n) is 4.43. The number of hydrogen-bond donors (Lipinski definition) is 2. The molecule has 0 fully saturated rings. The van der Waals surface area contributed by atoms with E-state index in [2.05, 4.69) is 19.9 Å². The monoisotopic (exact) mass is 374 g/mol. The van der Waals surface area contributed by atoms with E-state index in [0.717, 1.165) is 29.8 Å². The van der Waals surface area contributed by atoms with Crippen LogP contribution in [0.3, 0.4) is 0 Å². The summed E-state index contributed by atoms with van der Waals surface area (Å²) in [7, 11) is 0. The highest BCUT2D eigenvalue weighted by Crippen LogP contribution is 2.32. The molecule has 28 heavy (non-hydrogen) atoms. The van der Waals surface area contributed by atoms with Crippen molar-refractivity contribution in [2.45, 2.75) is 19.3 Å². The van der Waals surface area contributed by atoms with Crippen LogP contribution in [0.5, 0.6) is 0 Å². The number of pyridine rings is 1. The number of imidazole rings is 1. The molecule has 0 amide bonds. The molecule has 7 heteroatoms. The van der Waals surface area contributed by atoms with Gasteiger partial charge < -0.3 is 10.7 Å².